The van der Waals surface area contributed by atoms with E-state index in [0.29, 0.717) is 0 Å². The molecule has 0 bridgehead atoms. The molecule has 0 spiro atoms. The maximum atomic E-state index is 3.87. The molecule has 0 fully saturated rings. The van der Waals surface area contributed by atoms with Crippen molar-refractivity contribution in [2.24, 2.45) is 0 Å². The number of hydrogen-bond donors (Lipinski definition) is 0. The quantitative estimate of drug-likeness (QED) is 0.660. The molecule has 0 saturated heterocycles. The zero-order valence-electron chi connectivity index (χ0n) is 6.76. The van der Waals surface area contributed by atoms with Gasteiger partial charge in [-0.05, 0) is 0 Å². The maximum absolute atomic E-state index is 3.87. The first kappa shape index (κ1) is 11.0. The average Bonchev–Trinajstić information content (AvgIpc) is 2.05. The molecule has 0 atom stereocenters. The minimum Gasteiger partial charge on any atom is -0.380 e. The number of allylic oxidation sites excluding steroid dienone is 2. The largest absolute Gasteiger partial charge is 0.380 e. The van der Waals surface area contributed by atoms with Gasteiger partial charge in [0.15, 0.2) is 0 Å². The van der Waals surface area contributed by atoms with Crippen molar-refractivity contribution in [2.75, 3.05) is 0 Å². The van der Waals surface area contributed by atoms with E-state index in [4.69, 9.17) is 0 Å². The molecule has 0 aromatic carbocycles. The van der Waals surface area contributed by atoms with Crippen molar-refractivity contribution >= 4 is 5.57 Å². The minimum atomic E-state index is 0. The van der Waals surface area contributed by atoms with Gasteiger partial charge in [-0.3, -0.25) is 5.56 Å². The zero-order chi connectivity index (χ0) is 7.40. The Kier molecular flexibility index (Phi) is 5.62. The molecule has 1 heterocycles. The van der Waals surface area contributed by atoms with Gasteiger partial charge in [-0.2, -0.15) is 0 Å². The van der Waals surface area contributed by atoms with E-state index in [1.54, 1.807) is 6.20 Å². The molecule has 0 saturated carbocycles. The van der Waals surface area contributed by atoms with E-state index >= 15 is 0 Å². The van der Waals surface area contributed by atoms with E-state index in [2.05, 4.69) is 17.3 Å². The van der Waals surface area contributed by atoms with Gasteiger partial charge in [0.1, 0.15) is 0 Å². The number of nitrogens with zero attached hydrogens (tertiary/aromatic N) is 1. The van der Waals surface area contributed by atoms with Gasteiger partial charge in [0.25, 0.3) is 0 Å². The summed E-state index contributed by atoms with van der Waals surface area (Å²) < 4.78 is 0. The normalized spacial score (nSPS) is 10.5. The molecule has 0 aliphatic heterocycles. The molecule has 0 aliphatic carbocycles. The van der Waals surface area contributed by atoms with Gasteiger partial charge in [0.2, 0.25) is 0 Å². The molecule has 0 aliphatic rings. The fourth-order valence-electron chi connectivity index (χ4n) is 0.670. The fourth-order valence-corrected chi connectivity index (χ4v) is 0.670. The van der Waals surface area contributed by atoms with Crippen molar-refractivity contribution in [1.29, 1.82) is 0 Å². The van der Waals surface area contributed by atoms with Gasteiger partial charge in [-0.15, -0.1) is 26.1 Å². The molecule has 0 N–H and O–H groups in total. The Morgan fingerprint density at radius 3 is 2.82 bits per heavy atom. The smallest absolute Gasteiger partial charge is 0 e. The number of rotatable bonds is 1. The zero-order valence-corrected chi connectivity index (χ0v) is 9.59. The Morgan fingerprint density at radius 2 is 2.36 bits per heavy atom. The molecule has 1 rings (SSSR count). The first-order chi connectivity index (χ1) is 4.84. The number of aromatic nitrogens is 1. The van der Waals surface area contributed by atoms with E-state index in [0.717, 1.165) is 11.1 Å². The third kappa shape index (κ3) is 3.26. The first-order valence-corrected chi connectivity index (χ1v) is 3.19. The Balaban J connectivity index is 0.000001000. The SMILES string of the molecule is C[C-]=C(C)c1[c-]nccc1.[Y]. The van der Waals surface area contributed by atoms with E-state index in [1.807, 2.05) is 26.0 Å². The van der Waals surface area contributed by atoms with Gasteiger partial charge in [-0.25, -0.2) is 6.07 Å². The average molecular weight is 220 g/mol. The van der Waals surface area contributed by atoms with E-state index in [-0.39, 0.29) is 32.7 Å². The van der Waals surface area contributed by atoms with Crippen LogP contribution in [0, 0.1) is 12.3 Å². The molecular weight excluding hydrogens is 211 g/mol. The monoisotopic (exact) mass is 220 g/mol. The molecule has 55 valence electrons. The van der Waals surface area contributed by atoms with Crippen LogP contribution in [0.1, 0.15) is 19.4 Å². The van der Waals surface area contributed by atoms with Crippen molar-refractivity contribution in [1.82, 2.24) is 4.98 Å². The summed E-state index contributed by atoms with van der Waals surface area (Å²) in [5, 5.41) is 0. The van der Waals surface area contributed by atoms with Crippen molar-refractivity contribution in [3.63, 3.8) is 0 Å². The second-order valence-corrected chi connectivity index (χ2v) is 2.04. The summed E-state index contributed by atoms with van der Waals surface area (Å²) in [6.07, 6.45) is 7.61. The summed E-state index contributed by atoms with van der Waals surface area (Å²) in [6, 6.07) is 3.87. The van der Waals surface area contributed by atoms with Crippen LogP contribution in [0.15, 0.2) is 18.3 Å². The van der Waals surface area contributed by atoms with Gasteiger partial charge < -0.3 is 16.6 Å². The Morgan fingerprint density at radius 1 is 1.64 bits per heavy atom. The molecule has 0 amide bonds. The molecule has 1 aromatic heterocycles. The topological polar surface area (TPSA) is 12.9 Å². The van der Waals surface area contributed by atoms with Gasteiger partial charge in [0.05, 0.1) is 0 Å². The van der Waals surface area contributed by atoms with Crippen molar-refractivity contribution in [2.45, 2.75) is 13.8 Å². The Bertz CT molecular complexity index is 229. The van der Waals surface area contributed by atoms with Gasteiger partial charge in [0, 0.05) is 32.7 Å². The fraction of sp³-hybridized carbons (Fsp3) is 0.222. The van der Waals surface area contributed by atoms with Crippen LogP contribution in [0.2, 0.25) is 0 Å². The second kappa shape index (κ2) is 5.62. The van der Waals surface area contributed by atoms with Crippen LogP contribution in [0.3, 0.4) is 0 Å². The summed E-state index contributed by atoms with van der Waals surface area (Å²) in [4.78, 5) is 3.87. The van der Waals surface area contributed by atoms with Crippen LogP contribution in [-0.4, -0.2) is 4.98 Å². The van der Waals surface area contributed by atoms with Crippen molar-refractivity contribution in [3.05, 3.63) is 36.2 Å². The molecule has 2 heteroatoms. The summed E-state index contributed by atoms with van der Waals surface area (Å²) in [5.41, 5.74) is 2.11. The van der Waals surface area contributed by atoms with Crippen LogP contribution >= 0.6 is 0 Å². The first-order valence-electron chi connectivity index (χ1n) is 3.19. The molecule has 1 aromatic rings. The van der Waals surface area contributed by atoms with Gasteiger partial charge in [-0.1, -0.05) is 6.20 Å². The maximum Gasteiger partial charge on any atom is 0 e. The van der Waals surface area contributed by atoms with E-state index in [9.17, 15) is 0 Å². The number of pyridine rings is 1. The van der Waals surface area contributed by atoms with Gasteiger partial charge >= 0.3 is 0 Å². The molecular formula is C9H9NY-2. The van der Waals surface area contributed by atoms with Crippen LogP contribution in [0.4, 0.5) is 0 Å². The van der Waals surface area contributed by atoms with Crippen molar-refractivity contribution in [3.8, 4) is 0 Å². The third-order valence-electron chi connectivity index (χ3n) is 1.39. The summed E-state index contributed by atoms with van der Waals surface area (Å²) in [7, 11) is 0. The third-order valence-corrected chi connectivity index (χ3v) is 1.39. The van der Waals surface area contributed by atoms with Crippen LogP contribution in [0.5, 0.6) is 0 Å². The Hall–Kier alpha value is -0.00610. The predicted molar refractivity (Wildman–Crippen MR) is 41.1 cm³/mol. The summed E-state index contributed by atoms with van der Waals surface area (Å²) in [6.45, 7) is 3.88. The number of hydrogen-bond acceptors (Lipinski definition) is 1. The molecule has 1 nitrogen and oxygen atoms in total. The molecule has 0 unspecified atom stereocenters. The summed E-state index contributed by atoms with van der Waals surface area (Å²) in [5.74, 6) is 0. The molecule has 11 heavy (non-hydrogen) atoms. The minimum absolute atomic E-state index is 0. The second-order valence-electron chi connectivity index (χ2n) is 2.04. The summed E-state index contributed by atoms with van der Waals surface area (Å²) >= 11 is 0. The van der Waals surface area contributed by atoms with Crippen molar-refractivity contribution < 1.29 is 32.7 Å². The van der Waals surface area contributed by atoms with Crippen LogP contribution < -0.4 is 0 Å². The van der Waals surface area contributed by atoms with Crippen LogP contribution in [0.25, 0.3) is 5.57 Å². The molecule has 1 radical (unpaired) electrons. The Labute approximate surface area is 92.8 Å². The predicted octanol–water partition coefficient (Wildman–Crippen LogP) is 2.11. The van der Waals surface area contributed by atoms with Crippen LogP contribution in [-0.2, 0) is 32.7 Å². The standard InChI is InChI=1S/C9H9N.Y/c1-3-8(2)9-5-4-6-10-7-9;/h4-6H,1-2H3;/q-2;. The van der Waals surface area contributed by atoms with E-state index < -0.39 is 0 Å². The van der Waals surface area contributed by atoms with E-state index in [1.165, 1.54) is 0 Å².